The largest absolute Gasteiger partial charge is 0.350 e. The highest BCUT2D eigenvalue weighted by Gasteiger charge is 1.99. The van der Waals surface area contributed by atoms with Gasteiger partial charge in [0.05, 0.1) is 0 Å². The third-order valence-corrected chi connectivity index (χ3v) is 0.687. The van der Waals surface area contributed by atoms with Crippen LogP contribution in [0.4, 0.5) is 4.79 Å². The predicted octanol–water partition coefficient (Wildman–Crippen LogP) is -0.738. The predicted molar refractivity (Wildman–Crippen MR) is 35.7 cm³/mol. The number of urea groups is 1. The van der Waals surface area contributed by atoms with E-state index in [4.69, 9.17) is 0 Å². The Morgan fingerprint density at radius 3 is 2.20 bits per heavy atom. The summed E-state index contributed by atoms with van der Waals surface area (Å²) < 4.78 is 0. The number of primary amides is 1. The van der Waals surface area contributed by atoms with E-state index in [0.29, 0.717) is 5.57 Å². The van der Waals surface area contributed by atoms with Crippen LogP contribution in [0.3, 0.4) is 0 Å². The second kappa shape index (κ2) is 3.49. The van der Waals surface area contributed by atoms with Crippen LogP contribution >= 0.6 is 0 Å². The second-order valence-corrected chi connectivity index (χ2v) is 1.72. The summed E-state index contributed by atoms with van der Waals surface area (Å²) in [5.41, 5.74) is 8.87. The molecule has 4 N–H and O–H groups in total. The van der Waals surface area contributed by atoms with Gasteiger partial charge in [-0.15, -0.1) is 0 Å². The van der Waals surface area contributed by atoms with E-state index >= 15 is 0 Å². The van der Waals surface area contributed by atoms with Gasteiger partial charge >= 0.3 is 6.03 Å². The summed E-state index contributed by atoms with van der Waals surface area (Å²) in [6.07, 6.45) is 0. The van der Waals surface area contributed by atoms with Gasteiger partial charge in [0, 0.05) is 5.57 Å². The molecule has 0 aliphatic carbocycles. The van der Waals surface area contributed by atoms with Crippen molar-refractivity contribution >= 4 is 11.9 Å². The van der Waals surface area contributed by atoms with Crippen molar-refractivity contribution in [2.24, 2.45) is 5.73 Å². The van der Waals surface area contributed by atoms with Crippen molar-refractivity contribution in [1.82, 2.24) is 10.9 Å². The van der Waals surface area contributed by atoms with E-state index in [-0.39, 0.29) is 0 Å². The molecule has 0 unspecified atom stereocenters. The molecule has 0 aliphatic rings. The van der Waals surface area contributed by atoms with Crippen LogP contribution in [0.15, 0.2) is 12.2 Å². The molecule has 0 aromatic heterocycles. The minimum atomic E-state index is -0.811. The van der Waals surface area contributed by atoms with Crippen LogP contribution in [0.25, 0.3) is 0 Å². The van der Waals surface area contributed by atoms with Crippen molar-refractivity contribution in [2.45, 2.75) is 6.92 Å². The molecule has 0 spiro atoms. The number of hydrogen-bond donors (Lipinski definition) is 3. The van der Waals surface area contributed by atoms with Gasteiger partial charge in [-0.25, -0.2) is 10.2 Å². The number of rotatable bonds is 1. The van der Waals surface area contributed by atoms with Gasteiger partial charge in [0.25, 0.3) is 5.91 Å². The normalized spacial score (nSPS) is 8.10. The van der Waals surface area contributed by atoms with Crippen LogP contribution in [0.1, 0.15) is 6.92 Å². The topological polar surface area (TPSA) is 84.2 Å². The van der Waals surface area contributed by atoms with Crippen LogP contribution < -0.4 is 16.6 Å². The lowest BCUT2D eigenvalue weighted by atomic mass is 10.3. The summed E-state index contributed by atoms with van der Waals surface area (Å²) in [4.78, 5) is 20.6. The Morgan fingerprint density at radius 1 is 1.40 bits per heavy atom. The van der Waals surface area contributed by atoms with E-state index in [1.807, 2.05) is 10.9 Å². The lowest BCUT2D eigenvalue weighted by Gasteiger charge is -2.02. The molecule has 0 radical (unpaired) electrons. The molecule has 0 bridgehead atoms. The second-order valence-electron chi connectivity index (χ2n) is 1.72. The van der Waals surface area contributed by atoms with Crippen molar-refractivity contribution in [3.8, 4) is 0 Å². The van der Waals surface area contributed by atoms with Crippen LogP contribution in [0.2, 0.25) is 0 Å². The van der Waals surface area contributed by atoms with Crippen LogP contribution in [0.5, 0.6) is 0 Å². The molecule has 5 nitrogen and oxygen atoms in total. The zero-order valence-electron chi connectivity index (χ0n) is 5.60. The van der Waals surface area contributed by atoms with Crippen molar-refractivity contribution in [2.75, 3.05) is 0 Å². The van der Waals surface area contributed by atoms with Crippen LogP contribution in [-0.2, 0) is 4.79 Å². The number of carbonyl (C=O) groups excluding carboxylic acids is 2. The fourth-order valence-electron chi connectivity index (χ4n) is 0.225. The van der Waals surface area contributed by atoms with Gasteiger partial charge in [-0.05, 0) is 6.92 Å². The fourth-order valence-corrected chi connectivity index (χ4v) is 0.225. The number of nitrogens with one attached hydrogen (secondary N) is 2. The molecule has 0 fully saturated rings. The number of carbonyl (C=O) groups is 2. The molecule has 0 aromatic rings. The maximum Gasteiger partial charge on any atom is 0.330 e. The fraction of sp³-hybridized carbons (Fsp3) is 0.200. The molecule has 5 heteroatoms. The van der Waals surface area contributed by atoms with Crippen molar-refractivity contribution in [3.05, 3.63) is 12.2 Å². The summed E-state index contributed by atoms with van der Waals surface area (Å²) in [6.45, 7) is 4.84. The van der Waals surface area contributed by atoms with Gasteiger partial charge in [0.1, 0.15) is 0 Å². The van der Waals surface area contributed by atoms with Crippen molar-refractivity contribution in [1.29, 1.82) is 0 Å². The quantitative estimate of drug-likeness (QED) is 0.333. The summed E-state index contributed by atoms with van der Waals surface area (Å²) in [5.74, 6) is -0.459. The van der Waals surface area contributed by atoms with Crippen LogP contribution in [0, 0.1) is 0 Å². The van der Waals surface area contributed by atoms with Gasteiger partial charge in [-0.2, -0.15) is 0 Å². The van der Waals surface area contributed by atoms with Gasteiger partial charge in [-0.3, -0.25) is 10.2 Å². The van der Waals surface area contributed by atoms with Gasteiger partial charge in [-0.1, -0.05) is 6.58 Å². The maximum atomic E-state index is 10.6. The highest BCUT2D eigenvalue weighted by atomic mass is 16.2. The Kier molecular flexibility index (Phi) is 2.96. The van der Waals surface area contributed by atoms with Gasteiger partial charge in [0.15, 0.2) is 0 Å². The highest BCUT2D eigenvalue weighted by Crippen LogP contribution is 1.81. The third kappa shape index (κ3) is 3.48. The Bertz CT molecular complexity index is 176. The summed E-state index contributed by atoms with van der Waals surface area (Å²) in [6, 6.07) is -0.811. The molecule has 0 saturated heterocycles. The van der Waals surface area contributed by atoms with Gasteiger partial charge < -0.3 is 5.73 Å². The SMILES string of the molecule is C=C(C)C(=O)NNC(N)=O. The van der Waals surface area contributed by atoms with E-state index < -0.39 is 11.9 Å². The van der Waals surface area contributed by atoms with E-state index in [9.17, 15) is 9.59 Å². The number of amides is 3. The van der Waals surface area contributed by atoms with Crippen molar-refractivity contribution in [3.63, 3.8) is 0 Å². The number of nitrogens with two attached hydrogens (primary N) is 1. The van der Waals surface area contributed by atoms with E-state index in [1.54, 1.807) is 0 Å². The zero-order valence-corrected chi connectivity index (χ0v) is 5.60. The lowest BCUT2D eigenvalue weighted by Crippen LogP contribution is -2.44. The molecular weight excluding hydrogens is 134 g/mol. The average Bonchev–Trinajstić information content (AvgIpc) is 1.82. The standard InChI is InChI=1S/C5H9N3O2/c1-3(2)4(9)7-8-5(6)10/h1H2,2H3,(H,7,9)(H3,6,8,10). The number of hydrogen-bond acceptors (Lipinski definition) is 2. The first-order chi connectivity index (χ1) is 4.54. The summed E-state index contributed by atoms with van der Waals surface area (Å²) in [7, 11) is 0. The minimum absolute atomic E-state index is 0.300. The zero-order chi connectivity index (χ0) is 8.15. The highest BCUT2D eigenvalue weighted by molar-refractivity contribution is 5.93. The third-order valence-electron chi connectivity index (χ3n) is 0.687. The van der Waals surface area contributed by atoms with E-state index in [1.165, 1.54) is 6.92 Å². The molecule has 3 amide bonds. The number of hydrazine groups is 1. The molecule has 0 aromatic carbocycles. The molecule has 0 heterocycles. The van der Waals surface area contributed by atoms with Gasteiger partial charge in [0.2, 0.25) is 0 Å². The first kappa shape index (κ1) is 8.48. The summed E-state index contributed by atoms with van der Waals surface area (Å²) >= 11 is 0. The molecule has 0 atom stereocenters. The minimum Gasteiger partial charge on any atom is -0.350 e. The Labute approximate surface area is 58.2 Å². The molecule has 0 saturated carbocycles. The van der Waals surface area contributed by atoms with Crippen LogP contribution in [-0.4, -0.2) is 11.9 Å². The Balaban J connectivity index is 3.60. The average molecular weight is 143 g/mol. The Hall–Kier alpha value is -1.52. The molecule has 10 heavy (non-hydrogen) atoms. The van der Waals surface area contributed by atoms with E-state index in [0.717, 1.165) is 0 Å². The monoisotopic (exact) mass is 143 g/mol. The molecule has 0 rings (SSSR count). The molecule has 56 valence electrons. The first-order valence-electron chi connectivity index (χ1n) is 2.55. The first-order valence-corrected chi connectivity index (χ1v) is 2.55. The maximum absolute atomic E-state index is 10.6. The summed E-state index contributed by atoms with van der Waals surface area (Å²) in [5, 5.41) is 0. The Morgan fingerprint density at radius 2 is 1.90 bits per heavy atom. The molecule has 0 aliphatic heterocycles. The lowest BCUT2D eigenvalue weighted by molar-refractivity contribution is -0.118. The molecular formula is C5H9N3O2. The van der Waals surface area contributed by atoms with Crippen molar-refractivity contribution < 1.29 is 9.59 Å². The smallest absolute Gasteiger partial charge is 0.330 e. The van der Waals surface area contributed by atoms with E-state index in [2.05, 4.69) is 12.3 Å².